The number of aryl methyl sites for hydroxylation is 1. The van der Waals surface area contributed by atoms with Crippen LogP contribution in [0, 0.1) is 6.92 Å². The van der Waals surface area contributed by atoms with Crippen LogP contribution in [0.2, 0.25) is 5.15 Å². The van der Waals surface area contributed by atoms with Crippen LogP contribution in [-0.4, -0.2) is 24.4 Å². The van der Waals surface area contributed by atoms with Crippen LogP contribution in [0.4, 0.5) is 24.5 Å². The second-order valence-electron chi connectivity index (χ2n) is 7.66. The third-order valence-corrected chi connectivity index (χ3v) is 7.16. The molecular weight excluding hydrogens is 524 g/mol. The zero-order valence-electron chi connectivity index (χ0n) is 18.5. The Balaban J connectivity index is 0.00000342. The smallest absolute Gasteiger partial charge is 0.353 e. The first-order chi connectivity index (χ1) is 16.0. The molecule has 2 N–H and O–H groups in total. The van der Waals surface area contributed by atoms with Gasteiger partial charge >= 0.3 is 6.18 Å². The standard InChI is InChI=1S/C23H20ClF3N4O2S.ClH/c1-14-6-9-20(22(24)29-14)30-17-7-8-19-15(12-28-2)13-31(21(19)11-17)34(32,33)18-5-3-4-16(10-18)23(25,26)27;/h3-11,13,28,30H,12H2,1-2H3;1H. The number of nitrogens with one attached hydrogen (secondary N) is 2. The van der Waals surface area contributed by atoms with E-state index in [2.05, 4.69) is 15.6 Å². The Kier molecular flexibility index (Phi) is 7.71. The Labute approximate surface area is 211 Å². The fourth-order valence-electron chi connectivity index (χ4n) is 3.59. The highest BCUT2D eigenvalue weighted by molar-refractivity contribution is 7.90. The van der Waals surface area contributed by atoms with E-state index < -0.39 is 26.7 Å². The Morgan fingerprint density at radius 2 is 1.83 bits per heavy atom. The van der Waals surface area contributed by atoms with Gasteiger partial charge in [0.1, 0.15) is 0 Å². The molecule has 35 heavy (non-hydrogen) atoms. The summed E-state index contributed by atoms with van der Waals surface area (Å²) >= 11 is 6.20. The van der Waals surface area contributed by atoms with Crippen LogP contribution < -0.4 is 10.6 Å². The van der Waals surface area contributed by atoms with Gasteiger partial charge in [0.05, 0.1) is 21.7 Å². The van der Waals surface area contributed by atoms with E-state index in [1.165, 1.54) is 6.20 Å². The molecule has 0 aliphatic rings. The Morgan fingerprint density at radius 3 is 2.49 bits per heavy atom. The van der Waals surface area contributed by atoms with Gasteiger partial charge in [-0.3, -0.25) is 0 Å². The molecule has 0 saturated carbocycles. The highest BCUT2D eigenvalue weighted by Gasteiger charge is 2.32. The summed E-state index contributed by atoms with van der Waals surface area (Å²) < 4.78 is 67.5. The lowest BCUT2D eigenvalue weighted by atomic mass is 10.1. The van der Waals surface area contributed by atoms with Crippen molar-refractivity contribution < 1.29 is 21.6 Å². The van der Waals surface area contributed by atoms with E-state index in [1.807, 2.05) is 0 Å². The second-order valence-corrected chi connectivity index (χ2v) is 9.83. The second kappa shape index (κ2) is 10.1. The molecule has 12 heteroatoms. The Bertz CT molecular complexity index is 1490. The lowest BCUT2D eigenvalue weighted by Crippen LogP contribution is -2.14. The Morgan fingerprint density at radius 1 is 1.09 bits per heavy atom. The van der Waals surface area contributed by atoms with Crippen molar-refractivity contribution in [2.45, 2.75) is 24.5 Å². The van der Waals surface area contributed by atoms with Gasteiger partial charge < -0.3 is 10.6 Å². The van der Waals surface area contributed by atoms with Crippen molar-refractivity contribution >= 4 is 56.3 Å². The third-order valence-electron chi connectivity index (χ3n) is 5.21. The molecule has 2 aromatic carbocycles. The van der Waals surface area contributed by atoms with Crippen LogP contribution in [-0.2, 0) is 22.7 Å². The number of pyridine rings is 1. The van der Waals surface area contributed by atoms with Crippen molar-refractivity contribution in [3.05, 3.63) is 82.8 Å². The van der Waals surface area contributed by atoms with Crippen LogP contribution >= 0.6 is 24.0 Å². The van der Waals surface area contributed by atoms with Gasteiger partial charge in [-0.05, 0) is 62.0 Å². The maximum absolute atomic E-state index is 13.4. The summed E-state index contributed by atoms with van der Waals surface area (Å²) in [7, 11) is -2.61. The fraction of sp³-hybridized carbons (Fsp3) is 0.174. The zero-order chi connectivity index (χ0) is 24.7. The average molecular weight is 545 g/mol. The average Bonchev–Trinajstić information content (AvgIpc) is 3.14. The van der Waals surface area contributed by atoms with E-state index in [0.717, 1.165) is 27.9 Å². The summed E-state index contributed by atoms with van der Waals surface area (Å²) in [5.74, 6) is 0. The summed E-state index contributed by atoms with van der Waals surface area (Å²) in [4.78, 5) is 3.73. The molecule has 2 aromatic heterocycles. The van der Waals surface area contributed by atoms with Crippen molar-refractivity contribution in [2.24, 2.45) is 0 Å². The molecule has 0 fully saturated rings. The molecule has 2 heterocycles. The monoisotopic (exact) mass is 544 g/mol. The molecular formula is C23H21Cl2F3N4O2S. The van der Waals surface area contributed by atoms with Crippen molar-refractivity contribution in [3.63, 3.8) is 0 Å². The van der Waals surface area contributed by atoms with Crippen molar-refractivity contribution in [1.82, 2.24) is 14.3 Å². The van der Waals surface area contributed by atoms with Gasteiger partial charge in [-0.2, -0.15) is 13.2 Å². The molecule has 0 amide bonds. The molecule has 0 aliphatic carbocycles. The van der Waals surface area contributed by atoms with Crippen LogP contribution in [0.1, 0.15) is 16.8 Å². The first-order valence-electron chi connectivity index (χ1n) is 10.1. The maximum atomic E-state index is 13.4. The van der Waals surface area contributed by atoms with E-state index in [-0.39, 0.29) is 17.6 Å². The first-order valence-corrected chi connectivity index (χ1v) is 11.9. The summed E-state index contributed by atoms with van der Waals surface area (Å²) in [6.07, 6.45) is -3.25. The minimum atomic E-state index is -4.67. The largest absolute Gasteiger partial charge is 0.416 e. The zero-order valence-corrected chi connectivity index (χ0v) is 20.9. The summed E-state index contributed by atoms with van der Waals surface area (Å²) in [5.41, 5.74) is 1.75. The summed E-state index contributed by atoms with van der Waals surface area (Å²) in [5, 5.41) is 6.99. The lowest BCUT2D eigenvalue weighted by molar-refractivity contribution is -0.137. The lowest BCUT2D eigenvalue weighted by Gasteiger charge is -2.12. The van der Waals surface area contributed by atoms with E-state index in [1.54, 1.807) is 44.3 Å². The quantitative estimate of drug-likeness (QED) is 0.285. The van der Waals surface area contributed by atoms with Gasteiger partial charge in [-0.1, -0.05) is 23.7 Å². The topological polar surface area (TPSA) is 76.0 Å². The number of halogens is 5. The van der Waals surface area contributed by atoms with E-state index in [4.69, 9.17) is 11.6 Å². The van der Waals surface area contributed by atoms with Gasteiger partial charge in [0, 0.05) is 29.5 Å². The molecule has 186 valence electrons. The molecule has 0 bridgehead atoms. The molecule has 0 aliphatic heterocycles. The summed E-state index contributed by atoms with van der Waals surface area (Å²) in [6.45, 7) is 2.17. The van der Waals surface area contributed by atoms with Gasteiger partial charge in [0.2, 0.25) is 0 Å². The van der Waals surface area contributed by atoms with Gasteiger partial charge in [0.15, 0.2) is 5.15 Å². The predicted octanol–water partition coefficient (Wildman–Crippen LogP) is 6.14. The number of hydrogen-bond donors (Lipinski definition) is 2. The van der Waals surface area contributed by atoms with E-state index in [0.29, 0.717) is 40.5 Å². The van der Waals surface area contributed by atoms with E-state index in [9.17, 15) is 21.6 Å². The molecule has 4 aromatic rings. The van der Waals surface area contributed by atoms with Crippen LogP contribution in [0.25, 0.3) is 10.9 Å². The molecule has 0 spiro atoms. The number of hydrogen-bond acceptors (Lipinski definition) is 5. The van der Waals surface area contributed by atoms with Crippen LogP contribution in [0.5, 0.6) is 0 Å². The van der Waals surface area contributed by atoms with E-state index >= 15 is 0 Å². The van der Waals surface area contributed by atoms with Gasteiger partial charge in [-0.25, -0.2) is 17.4 Å². The fourth-order valence-corrected chi connectivity index (χ4v) is 5.27. The number of anilines is 2. The SMILES string of the molecule is CNCc1cn(S(=O)(=O)c2cccc(C(F)(F)F)c2)c2cc(Nc3ccc(C)nc3Cl)ccc12.Cl. The highest BCUT2D eigenvalue weighted by atomic mass is 35.5. The van der Waals surface area contributed by atoms with Crippen molar-refractivity contribution in [1.29, 1.82) is 0 Å². The van der Waals surface area contributed by atoms with Gasteiger partial charge in [0.25, 0.3) is 10.0 Å². The molecule has 6 nitrogen and oxygen atoms in total. The minimum Gasteiger partial charge on any atom is -0.353 e. The third kappa shape index (κ3) is 5.40. The molecule has 4 rings (SSSR count). The number of aromatic nitrogens is 2. The Hall–Kier alpha value is -2.79. The van der Waals surface area contributed by atoms with Crippen molar-refractivity contribution in [3.8, 4) is 0 Å². The molecule has 0 atom stereocenters. The number of nitrogens with zero attached hydrogens (tertiary/aromatic N) is 2. The number of benzene rings is 2. The maximum Gasteiger partial charge on any atom is 0.416 e. The van der Waals surface area contributed by atoms with Crippen LogP contribution in [0.3, 0.4) is 0 Å². The van der Waals surface area contributed by atoms with Gasteiger partial charge in [-0.15, -0.1) is 12.4 Å². The highest BCUT2D eigenvalue weighted by Crippen LogP contribution is 2.34. The normalized spacial score (nSPS) is 11.9. The van der Waals surface area contributed by atoms with Crippen molar-refractivity contribution in [2.75, 3.05) is 12.4 Å². The van der Waals surface area contributed by atoms with Crippen LogP contribution in [0.15, 0.2) is 65.7 Å². The molecule has 0 saturated heterocycles. The first kappa shape index (κ1) is 26.8. The molecule has 0 radical (unpaired) electrons. The summed E-state index contributed by atoms with van der Waals surface area (Å²) in [6, 6.07) is 12.3. The predicted molar refractivity (Wildman–Crippen MR) is 133 cm³/mol. The minimum absolute atomic E-state index is 0. The molecule has 0 unspecified atom stereocenters. The number of alkyl halides is 3. The number of rotatable bonds is 6. The number of fused-ring (bicyclic) bond motifs is 1.